The van der Waals surface area contributed by atoms with Crippen molar-refractivity contribution < 1.29 is 9.53 Å². The third kappa shape index (κ3) is 10.4. The number of carbonyl (C=O) groups is 1. The van der Waals surface area contributed by atoms with Crippen LogP contribution in [0.5, 0.6) is 5.75 Å². The second kappa shape index (κ2) is 16.6. The van der Waals surface area contributed by atoms with Crippen molar-refractivity contribution in [2.24, 2.45) is 11.8 Å². The summed E-state index contributed by atoms with van der Waals surface area (Å²) in [4.78, 5) is 17.2. The SMILES string of the molecule is CCCCC(CCCC(C)C(C)c1ccc(C#Cc2cccnc2)cc1)C(=O)CCCc1ccc(OC)cc1. The summed E-state index contributed by atoms with van der Waals surface area (Å²) in [7, 11) is 1.69. The van der Waals surface area contributed by atoms with Crippen molar-refractivity contribution in [3.05, 3.63) is 95.3 Å². The molecule has 0 saturated heterocycles. The Hall–Kier alpha value is -3.38. The lowest BCUT2D eigenvalue weighted by Gasteiger charge is -2.22. The van der Waals surface area contributed by atoms with Crippen LogP contribution in [0.25, 0.3) is 0 Å². The molecular formula is C36H45NO2. The van der Waals surface area contributed by atoms with Crippen molar-refractivity contribution in [3.8, 4) is 17.6 Å². The number of carbonyl (C=O) groups excluding carboxylic acids is 1. The van der Waals surface area contributed by atoms with Crippen LogP contribution in [0.15, 0.2) is 73.1 Å². The number of aromatic nitrogens is 1. The summed E-state index contributed by atoms with van der Waals surface area (Å²) in [6.45, 7) is 6.88. The fourth-order valence-electron chi connectivity index (χ4n) is 5.10. The van der Waals surface area contributed by atoms with Crippen LogP contribution in [0, 0.1) is 23.7 Å². The van der Waals surface area contributed by atoms with Crippen LogP contribution in [0.1, 0.15) is 100 Å². The number of unbranched alkanes of at least 4 members (excludes halogenated alkanes) is 1. The maximum atomic E-state index is 13.1. The molecule has 206 valence electrons. The van der Waals surface area contributed by atoms with E-state index in [4.69, 9.17) is 4.74 Å². The highest BCUT2D eigenvalue weighted by Gasteiger charge is 2.19. The zero-order chi connectivity index (χ0) is 27.9. The molecule has 3 unspecified atom stereocenters. The number of hydrogen-bond acceptors (Lipinski definition) is 3. The highest BCUT2D eigenvalue weighted by atomic mass is 16.5. The fraction of sp³-hybridized carbons (Fsp3) is 0.444. The minimum absolute atomic E-state index is 0.209. The van der Waals surface area contributed by atoms with Gasteiger partial charge in [0.15, 0.2) is 0 Å². The van der Waals surface area contributed by atoms with Crippen molar-refractivity contribution >= 4 is 5.78 Å². The molecule has 1 aromatic heterocycles. The Balaban J connectivity index is 1.45. The van der Waals surface area contributed by atoms with Gasteiger partial charge < -0.3 is 4.74 Å². The molecular weight excluding hydrogens is 478 g/mol. The number of ketones is 1. The summed E-state index contributed by atoms with van der Waals surface area (Å²) < 4.78 is 5.24. The van der Waals surface area contributed by atoms with Gasteiger partial charge in [-0.05, 0) is 85.0 Å². The smallest absolute Gasteiger partial charge is 0.135 e. The number of ether oxygens (including phenoxy) is 1. The maximum absolute atomic E-state index is 13.1. The summed E-state index contributed by atoms with van der Waals surface area (Å²) in [6.07, 6.45) is 12.7. The van der Waals surface area contributed by atoms with Gasteiger partial charge in [0.1, 0.15) is 11.5 Å². The minimum atomic E-state index is 0.209. The number of methoxy groups -OCH3 is 1. The van der Waals surface area contributed by atoms with Gasteiger partial charge >= 0.3 is 0 Å². The summed E-state index contributed by atoms with van der Waals surface area (Å²) in [6, 6.07) is 20.7. The highest BCUT2D eigenvalue weighted by Crippen LogP contribution is 2.30. The van der Waals surface area contributed by atoms with E-state index >= 15 is 0 Å². The van der Waals surface area contributed by atoms with Crippen molar-refractivity contribution in [1.29, 1.82) is 0 Å². The molecule has 0 aliphatic rings. The van der Waals surface area contributed by atoms with Gasteiger partial charge in [-0.15, -0.1) is 0 Å². The van der Waals surface area contributed by atoms with Crippen LogP contribution in [0.3, 0.4) is 0 Å². The Bertz CT molecular complexity index is 1170. The number of pyridine rings is 1. The predicted molar refractivity (Wildman–Crippen MR) is 162 cm³/mol. The number of hydrogen-bond donors (Lipinski definition) is 0. The average molecular weight is 524 g/mol. The Morgan fingerprint density at radius 2 is 1.59 bits per heavy atom. The number of rotatable bonds is 15. The van der Waals surface area contributed by atoms with Gasteiger partial charge in [0.05, 0.1) is 7.11 Å². The molecule has 0 aliphatic carbocycles. The van der Waals surface area contributed by atoms with Crippen LogP contribution in [-0.4, -0.2) is 17.9 Å². The highest BCUT2D eigenvalue weighted by molar-refractivity contribution is 5.80. The zero-order valence-corrected chi connectivity index (χ0v) is 24.3. The first kappa shape index (κ1) is 30.2. The van der Waals surface area contributed by atoms with E-state index in [-0.39, 0.29) is 5.92 Å². The van der Waals surface area contributed by atoms with Crippen LogP contribution >= 0.6 is 0 Å². The molecule has 2 aromatic carbocycles. The molecule has 3 nitrogen and oxygen atoms in total. The quantitative estimate of drug-likeness (QED) is 0.187. The van der Waals surface area contributed by atoms with E-state index in [9.17, 15) is 4.79 Å². The third-order valence-corrected chi connectivity index (χ3v) is 7.92. The van der Waals surface area contributed by atoms with Gasteiger partial charge in [-0.1, -0.05) is 82.6 Å². The average Bonchev–Trinajstić information content (AvgIpc) is 2.98. The number of nitrogens with zero attached hydrogens (tertiary/aromatic N) is 1. The van der Waals surface area contributed by atoms with E-state index in [1.165, 1.54) is 11.1 Å². The monoisotopic (exact) mass is 523 g/mol. The van der Waals surface area contributed by atoms with Crippen LogP contribution in [0.2, 0.25) is 0 Å². The predicted octanol–water partition coefficient (Wildman–Crippen LogP) is 8.80. The molecule has 3 aromatic rings. The second-order valence-electron chi connectivity index (χ2n) is 10.8. The molecule has 0 saturated carbocycles. The van der Waals surface area contributed by atoms with E-state index < -0.39 is 0 Å². The largest absolute Gasteiger partial charge is 0.497 e. The van der Waals surface area contributed by atoms with Crippen molar-refractivity contribution in [2.75, 3.05) is 7.11 Å². The first-order chi connectivity index (χ1) is 19.0. The fourth-order valence-corrected chi connectivity index (χ4v) is 5.10. The van der Waals surface area contributed by atoms with Crippen LogP contribution < -0.4 is 4.74 Å². The Morgan fingerprint density at radius 1 is 0.872 bits per heavy atom. The molecule has 0 fully saturated rings. The van der Waals surface area contributed by atoms with Crippen molar-refractivity contribution in [3.63, 3.8) is 0 Å². The van der Waals surface area contributed by atoms with Gasteiger partial charge in [-0.25, -0.2) is 0 Å². The minimum Gasteiger partial charge on any atom is -0.497 e. The molecule has 0 amide bonds. The van der Waals surface area contributed by atoms with Gasteiger partial charge in [0.2, 0.25) is 0 Å². The molecule has 0 spiro atoms. The van der Waals surface area contributed by atoms with E-state index in [1.54, 1.807) is 19.5 Å². The summed E-state index contributed by atoms with van der Waals surface area (Å²) in [5, 5.41) is 0. The molecule has 3 heteroatoms. The molecule has 0 N–H and O–H groups in total. The maximum Gasteiger partial charge on any atom is 0.135 e. The standard InChI is InChI=1S/C36H45NO2/c1-5-6-13-34(36(38)15-8-11-30-20-24-35(39-4)25-21-30)14-7-10-28(2)29(3)33-22-18-31(19-23-33)16-17-32-12-9-26-37-27-32/h9,12,18-29,34H,5-8,10-11,13-15H2,1-4H3. The Kier molecular flexibility index (Phi) is 12.8. The number of Topliss-reactive ketones (excluding diaryl/α,β-unsaturated/α-hetero) is 1. The molecule has 0 aliphatic heterocycles. The van der Waals surface area contributed by atoms with E-state index in [1.807, 2.05) is 24.3 Å². The molecule has 0 bridgehead atoms. The lowest BCUT2D eigenvalue weighted by atomic mass is 9.83. The third-order valence-electron chi connectivity index (χ3n) is 7.92. The second-order valence-corrected chi connectivity index (χ2v) is 10.8. The van der Waals surface area contributed by atoms with E-state index in [0.29, 0.717) is 24.0 Å². The lowest BCUT2D eigenvalue weighted by molar-refractivity contribution is -0.123. The van der Waals surface area contributed by atoms with Gasteiger partial charge in [0.25, 0.3) is 0 Å². The lowest BCUT2D eigenvalue weighted by Crippen LogP contribution is -2.16. The molecule has 3 atom stereocenters. The number of benzene rings is 2. The summed E-state index contributed by atoms with van der Waals surface area (Å²) >= 11 is 0. The van der Waals surface area contributed by atoms with Crippen LogP contribution in [-0.2, 0) is 11.2 Å². The van der Waals surface area contributed by atoms with Crippen molar-refractivity contribution in [2.45, 2.75) is 84.5 Å². The topological polar surface area (TPSA) is 39.2 Å². The molecule has 39 heavy (non-hydrogen) atoms. The van der Waals surface area contributed by atoms with Gasteiger partial charge in [0, 0.05) is 35.9 Å². The summed E-state index contributed by atoms with van der Waals surface area (Å²) in [5.74, 6) is 8.99. The molecule has 3 rings (SSSR count). The Morgan fingerprint density at radius 3 is 2.26 bits per heavy atom. The first-order valence-corrected chi connectivity index (χ1v) is 14.7. The number of aryl methyl sites for hydroxylation is 1. The van der Waals surface area contributed by atoms with E-state index in [0.717, 1.165) is 68.2 Å². The van der Waals surface area contributed by atoms with Gasteiger partial charge in [-0.3, -0.25) is 9.78 Å². The van der Waals surface area contributed by atoms with Gasteiger partial charge in [-0.2, -0.15) is 0 Å². The van der Waals surface area contributed by atoms with Crippen LogP contribution in [0.4, 0.5) is 0 Å². The first-order valence-electron chi connectivity index (χ1n) is 14.7. The van der Waals surface area contributed by atoms with Crippen molar-refractivity contribution in [1.82, 2.24) is 4.98 Å². The Labute approximate surface area is 236 Å². The normalized spacial score (nSPS) is 13.1. The zero-order valence-electron chi connectivity index (χ0n) is 24.3. The summed E-state index contributed by atoms with van der Waals surface area (Å²) in [5.41, 5.74) is 4.57. The molecule has 1 heterocycles. The van der Waals surface area contributed by atoms with E-state index in [2.05, 4.69) is 74.0 Å². The molecule has 0 radical (unpaired) electrons.